The smallest absolute Gasteiger partial charge is 0.307 e. The molecule has 42 heavy (non-hydrogen) atoms. The molecule has 1 aromatic heterocycles. The van der Waals surface area contributed by atoms with Crippen LogP contribution in [0.1, 0.15) is 106 Å². The normalized spacial score (nSPS) is 10.6. The zero-order valence-electron chi connectivity index (χ0n) is 25.4. The van der Waals surface area contributed by atoms with Gasteiger partial charge in [0.2, 0.25) is 0 Å². The third-order valence-electron chi connectivity index (χ3n) is 7.54. The van der Waals surface area contributed by atoms with Crippen LogP contribution in [0.15, 0.2) is 42.5 Å². The zero-order chi connectivity index (χ0) is 28.6. The first-order chi connectivity index (χ1) is 19.6. The largest absolute Gasteiger partial charge is 0.469 e. The Morgan fingerprint density at radius 3 is 2.02 bits per heavy atom. The van der Waals surface area contributed by atoms with E-state index >= 15 is 0 Å². The second kappa shape index (κ2) is 21.1. The molecule has 1 amide bonds. The number of methoxy groups -OCH3 is 1. The van der Waals surface area contributed by atoms with E-state index in [1.165, 1.54) is 77.7 Å². The highest BCUT2D eigenvalue weighted by Gasteiger charge is 2.15. The van der Waals surface area contributed by atoms with Gasteiger partial charge in [-0.05, 0) is 30.2 Å². The third kappa shape index (κ3) is 11.9. The van der Waals surface area contributed by atoms with Crippen LogP contribution in [0.25, 0.3) is 22.4 Å². The van der Waals surface area contributed by atoms with Gasteiger partial charge in [0.1, 0.15) is 5.82 Å². The average Bonchev–Trinajstić information content (AvgIpc) is 3.35. The van der Waals surface area contributed by atoms with Crippen molar-refractivity contribution in [3.8, 4) is 11.4 Å². The Morgan fingerprint density at radius 1 is 0.857 bits per heavy atom. The molecule has 0 aliphatic rings. The zero-order valence-corrected chi connectivity index (χ0v) is 27.0. The molecule has 0 bridgehead atoms. The number of aryl methyl sites for hydroxylation is 1. The summed E-state index contributed by atoms with van der Waals surface area (Å²) in [5, 5.41) is 2.79. The second-order valence-electron chi connectivity index (χ2n) is 10.7. The molecule has 3 N–H and O–H groups in total. The number of hydrogen-bond donors (Lipinski definition) is 2. The van der Waals surface area contributed by atoms with Crippen LogP contribution in [0.2, 0.25) is 0 Å². The highest BCUT2D eigenvalue weighted by Crippen LogP contribution is 2.27. The Morgan fingerprint density at radius 2 is 1.45 bits per heavy atom. The van der Waals surface area contributed by atoms with E-state index in [0.717, 1.165) is 41.0 Å². The molecule has 3 rings (SSSR count). The minimum atomic E-state index is -0.349. The highest BCUT2D eigenvalue weighted by atomic mass is 35.5. The lowest BCUT2D eigenvalue weighted by Gasteiger charge is -2.10. The maximum absolute atomic E-state index is 12.7. The molecule has 0 fully saturated rings. The van der Waals surface area contributed by atoms with Crippen molar-refractivity contribution in [2.75, 3.05) is 13.7 Å². The fraction of sp³-hybridized carbons (Fsp3) is 0.545. The summed E-state index contributed by atoms with van der Waals surface area (Å²) in [7, 11) is 1.34. The van der Waals surface area contributed by atoms with Gasteiger partial charge in [-0.15, -0.1) is 24.8 Å². The standard InChI is InChI=1S/C33H48N4O3.2ClH/c1-3-4-5-6-7-8-9-10-11-12-13-14-23-37-30-20-19-28(33(39)35-22-21-31(38)40-2)24-29(30)36-32(37)27-17-15-26(25-34)16-18-27;;/h15-20,24H,3-14,21-23,25,34H2,1-2H3,(H,35,39);2*1H. The van der Waals surface area contributed by atoms with Crippen LogP contribution in [0.5, 0.6) is 0 Å². The molecule has 0 saturated carbocycles. The molecule has 7 nitrogen and oxygen atoms in total. The van der Waals surface area contributed by atoms with Crippen molar-refractivity contribution in [2.45, 2.75) is 103 Å². The Hall–Kier alpha value is -2.61. The van der Waals surface area contributed by atoms with Gasteiger partial charge in [-0.3, -0.25) is 9.59 Å². The molecular weight excluding hydrogens is 571 g/mol. The molecule has 0 spiro atoms. The van der Waals surface area contributed by atoms with E-state index in [-0.39, 0.29) is 49.7 Å². The van der Waals surface area contributed by atoms with Crippen molar-refractivity contribution < 1.29 is 14.3 Å². The molecule has 1 heterocycles. The summed E-state index contributed by atoms with van der Waals surface area (Å²) in [6.45, 7) is 3.89. The summed E-state index contributed by atoms with van der Waals surface area (Å²) in [5.41, 5.74) is 10.3. The quantitative estimate of drug-likeness (QED) is 0.104. The van der Waals surface area contributed by atoms with Gasteiger partial charge < -0.3 is 20.4 Å². The number of benzene rings is 2. The van der Waals surface area contributed by atoms with Gasteiger partial charge in [-0.2, -0.15) is 0 Å². The maximum Gasteiger partial charge on any atom is 0.307 e. The number of carbonyl (C=O) groups excluding carboxylic acids is 2. The van der Waals surface area contributed by atoms with Crippen LogP contribution in [-0.4, -0.2) is 35.1 Å². The number of fused-ring (bicyclic) bond motifs is 1. The van der Waals surface area contributed by atoms with E-state index in [2.05, 4.69) is 33.7 Å². The van der Waals surface area contributed by atoms with Crippen molar-refractivity contribution in [1.82, 2.24) is 14.9 Å². The highest BCUT2D eigenvalue weighted by molar-refractivity contribution is 5.98. The van der Waals surface area contributed by atoms with Gasteiger partial charge >= 0.3 is 5.97 Å². The molecule has 9 heteroatoms. The number of rotatable bonds is 19. The fourth-order valence-corrected chi connectivity index (χ4v) is 5.10. The topological polar surface area (TPSA) is 99.2 Å². The Balaban J connectivity index is 0.00000441. The number of nitrogens with zero attached hydrogens (tertiary/aromatic N) is 2. The number of aromatic nitrogens is 2. The minimum absolute atomic E-state index is 0. The van der Waals surface area contributed by atoms with Crippen LogP contribution in [0.3, 0.4) is 0 Å². The predicted octanol–water partition coefficient (Wildman–Crippen LogP) is 8.00. The minimum Gasteiger partial charge on any atom is -0.469 e. The van der Waals surface area contributed by atoms with Crippen molar-refractivity contribution in [1.29, 1.82) is 0 Å². The second-order valence-corrected chi connectivity index (χ2v) is 10.7. The van der Waals surface area contributed by atoms with E-state index in [1.54, 1.807) is 0 Å². The summed E-state index contributed by atoms with van der Waals surface area (Å²) in [5.74, 6) is 0.331. The first-order valence-electron chi connectivity index (χ1n) is 15.2. The molecule has 0 unspecified atom stereocenters. The molecule has 0 aliphatic heterocycles. The molecule has 0 aliphatic carbocycles. The number of nitrogens with one attached hydrogen (secondary N) is 1. The number of nitrogens with two attached hydrogens (primary N) is 1. The summed E-state index contributed by atoms with van der Waals surface area (Å²) in [4.78, 5) is 29.0. The molecule has 0 atom stereocenters. The van der Waals surface area contributed by atoms with Crippen molar-refractivity contribution in [2.24, 2.45) is 5.73 Å². The number of esters is 1. The van der Waals surface area contributed by atoms with Gasteiger partial charge in [0.25, 0.3) is 5.91 Å². The monoisotopic (exact) mass is 620 g/mol. The Kier molecular flexibility index (Phi) is 18.8. The first-order valence-corrected chi connectivity index (χ1v) is 15.2. The van der Waals surface area contributed by atoms with Gasteiger partial charge in [0, 0.05) is 30.8 Å². The fourth-order valence-electron chi connectivity index (χ4n) is 5.10. The van der Waals surface area contributed by atoms with Crippen LogP contribution >= 0.6 is 24.8 Å². The summed E-state index contributed by atoms with van der Waals surface area (Å²) >= 11 is 0. The van der Waals surface area contributed by atoms with Gasteiger partial charge in [0.05, 0.1) is 24.6 Å². The number of unbranched alkanes of at least 4 members (excludes halogenated alkanes) is 11. The molecular formula is C33H50Cl2N4O3. The summed E-state index contributed by atoms with van der Waals surface area (Å²) in [6.07, 6.45) is 15.9. The van der Waals surface area contributed by atoms with Crippen molar-refractivity contribution in [3.05, 3.63) is 53.6 Å². The first kappa shape index (κ1) is 37.4. The van der Waals surface area contributed by atoms with Gasteiger partial charge in [-0.1, -0.05) is 102 Å². The number of halogens is 2. The Labute approximate surface area is 264 Å². The maximum atomic E-state index is 12.7. The van der Waals surface area contributed by atoms with E-state index in [1.807, 2.05) is 30.3 Å². The van der Waals surface area contributed by atoms with Crippen LogP contribution in [0, 0.1) is 0 Å². The van der Waals surface area contributed by atoms with Crippen molar-refractivity contribution >= 4 is 47.7 Å². The van der Waals surface area contributed by atoms with E-state index < -0.39 is 0 Å². The number of ether oxygens (including phenoxy) is 1. The molecule has 3 aromatic rings. The lowest BCUT2D eigenvalue weighted by Crippen LogP contribution is -2.26. The molecule has 0 radical (unpaired) electrons. The van der Waals surface area contributed by atoms with Gasteiger partial charge in [0.15, 0.2) is 0 Å². The predicted molar refractivity (Wildman–Crippen MR) is 178 cm³/mol. The number of amides is 1. The number of hydrogen-bond acceptors (Lipinski definition) is 5. The SMILES string of the molecule is CCCCCCCCCCCCCCn1c(-c2ccc(CN)cc2)nc2cc(C(=O)NCCC(=O)OC)ccc21.Cl.Cl. The van der Waals surface area contributed by atoms with Gasteiger partial charge in [-0.25, -0.2) is 4.98 Å². The number of carbonyl (C=O) groups is 2. The number of imidazole rings is 1. The molecule has 2 aromatic carbocycles. The van der Waals surface area contributed by atoms with Crippen LogP contribution in [-0.2, 0) is 22.6 Å². The lowest BCUT2D eigenvalue weighted by atomic mass is 10.1. The van der Waals surface area contributed by atoms with Crippen molar-refractivity contribution in [3.63, 3.8) is 0 Å². The average molecular weight is 622 g/mol. The molecule has 234 valence electrons. The van der Waals surface area contributed by atoms with Crippen LogP contribution < -0.4 is 11.1 Å². The lowest BCUT2D eigenvalue weighted by molar-refractivity contribution is -0.140. The summed E-state index contributed by atoms with van der Waals surface area (Å²) in [6, 6.07) is 13.9. The third-order valence-corrected chi connectivity index (χ3v) is 7.54. The van der Waals surface area contributed by atoms with E-state index in [4.69, 9.17) is 10.7 Å². The molecule has 0 saturated heterocycles. The van der Waals surface area contributed by atoms with E-state index in [9.17, 15) is 9.59 Å². The van der Waals surface area contributed by atoms with E-state index in [0.29, 0.717) is 12.1 Å². The summed E-state index contributed by atoms with van der Waals surface area (Å²) < 4.78 is 6.92. The van der Waals surface area contributed by atoms with Crippen LogP contribution in [0.4, 0.5) is 0 Å². The Bertz CT molecular complexity index is 1200.